The Morgan fingerprint density at radius 2 is 1.68 bits per heavy atom. The maximum absolute atomic E-state index is 12.6. The number of aromatic nitrogens is 4. The molecule has 28 heavy (non-hydrogen) atoms. The summed E-state index contributed by atoms with van der Waals surface area (Å²) in [5.74, 6) is 0.514. The van der Waals surface area contributed by atoms with Crippen molar-refractivity contribution >= 4 is 11.7 Å². The van der Waals surface area contributed by atoms with Gasteiger partial charge in [-0.3, -0.25) is 14.6 Å². The molecule has 3 aromatic rings. The van der Waals surface area contributed by atoms with E-state index in [1.165, 1.54) is 6.92 Å². The van der Waals surface area contributed by atoms with Crippen LogP contribution in [0.2, 0.25) is 0 Å². The summed E-state index contributed by atoms with van der Waals surface area (Å²) in [5, 5.41) is 11.0. The van der Waals surface area contributed by atoms with Crippen molar-refractivity contribution in [2.45, 2.75) is 39.8 Å². The van der Waals surface area contributed by atoms with Crippen LogP contribution in [-0.4, -0.2) is 31.4 Å². The van der Waals surface area contributed by atoms with Gasteiger partial charge in [0.2, 0.25) is 0 Å². The van der Waals surface area contributed by atoms with Gasteiger partial charge in [-0.15, -0.1) is 10.2 Å². The van der Waals surface area contributed by atoms with Gasteiger partial charge >= 0.3 is 0 Å². The first kappa shape index (κ1) is 19.4. The molecule has 3 rings (SSSR count). The second-order valence-corrected chi connectivity index (χ2v) is 6.95. The molecule has 2 aromatic heterocycles. The molecule has 0 saturated carbocycles. The number of nitrogens with one attached hydrogen (secondary N) is 1. The quantitative estimate of drug-likeness (QED) is 0.663. The van der Waals surface area contributed by atoms with E-state index in [0.29, 0.717) is 11.1 Å². The number of benzene rings is 1. The summed E-state index contributed by atoms with van der Waals surface area (Å²) in [6, 6.07) is 10.7. The van der Waals surface area contributed by atoms with Gasteiger partial charge in [0.15, 0.2) is 11.6 Å². The summed E-state index contributed by atoms with van der Waals surface area (Å²) < 4.78 is 1.93. The van der Waals surface area contributed by atoms with E-state index in [-0.39, 0.29) is 23.8 Å². The van der Waals surface area contributed by atoms with E-state index in [1.807, 2.05) is 37.5 Å². The van der Waals surface area contributed by atoms with Crippen molar-refractivity contribution in [2.75, 3.05) is 0 Å². The fraction of sp³-hybridized carbons (Fsp3) is 0.286. The number of nitrogens with zero attached hydrogens (tertiary/aromatic N) is 4. The van der Waals surface area contributed by atoms with E-state index in [2.05, 4.69) is 20.5 Å². The molecule has 0 fully saturated rings. The number of amides is 1. The smallest absolute Gasteiger partial charge is 0.251 e. The number of hydrogen-bond donors (Lipinski definition) is 1. The predicted octanol–water partition coefficient (Wildman–Crippen LogP) is 3.61. The molecule has 0 aliphatic heterocycles. The fourth-order valence-corrected chi connectivity index (χ4v) is 2.87. The molecule has 0 aliphatic rings. The Kier molecular flexibility index (Phi) is 5.63. The Labute approximate surface area is 163 Å². The van der Waals surface area contributed by atoms with Crippen LogP contribution in [-0.2, 0) is 0 Å². The van der Waals surface area contributed by atoms with Crippen molar-refractivity contribution in [2.24, 2.45) is 0 Å². The lowest BCUT2D eigenvalue weighted by molar-refractivity contribution is 0.0936. The number of rotatable bonds is 6. The minimum absolute atomic E-state index is 0.0199. The Balaban J connectivity index is 1.71. The number of carbonyl (C=O) groups excluding carboxylic acids is 2. The third-order valence-corrected chi connectivity index (χ3v) is 4.50. The first-order valence-corrected chi connectivity index (χ1v) is 9.14. The lowest BCUT2D eigenvalue weighted by atomic mass is 10.1. The van der Waals surface area contributed by atoms with Crippen LogP contribution in [0.15, 0.2) is 48.9 Å². The molecule has 1 N–H and O–H groups in total. The first-order chi connectivity index (χ1) is 13.4. The molecule has 2 heterocycles. The van der Waals surface area contributed by atoms with Crippen molar-refractivity contribution in [3.63, 3.8) is 0 Å². The zero-order chi connectivity index (χ0) is 20.3. The molecule has 0 aliphatic carbocycles. The molecule has 0 radical (unpaired) electrons. The maximum atomic E-state index is 12.6. The van der Waals surface area contributed by atoms with Crippen LogP contribution in [0.1, 0.15) is 66.3 Å². The molecular formula is C21H23N5O2. The van der Waals surface area contributed by atoms with Crippen LogP contribution < -0.4 is 5.32 Å². The third-order valence-electron chi connectivity index (χ3n) is 4.50. The molecule has 0 bridgehead atoms. The zero-order valence-corrected chi connectivity index (χ0v) is 16.4. The Morgan fingerprint density at radius 3 is 2.25 bits per heavy atom. The normalized spacial score (nSPS) is 12.0. The van der Waals surface area contributed by atoms with E-state index >= 15 is 0 Å². The second-order valence-electron chi connectivity index (χ2n) is 6.95. The van der Waals surface area contributed by atoms with E-state index in [9.17, 15) is 9.59 Å². The Morgan fingerprint density at radius 1 is 1.00 bits per heavy atom. The van der Waals surface area contributed by atoms with E-state index in [4.69, 9.17) is 0 Å². The summed E-state index contributed by atoms with van der Waals surface area (Å²) in [6.07, 6.45) is 3.23. The van der Waals surface area contributed by atoms with Gasteiger partial charge in [-0.1, -0.05) is 12.1 Å². The summed E-state index contributed by atoms with van der Waals surface area (Å²) in [7, 11) is 0. The molecule has 1 aromatic carbocycles. The molecular weight excluding hydrogens is 354 g/mol. The first-order valence-electron chi connectivity index (χ1n) is 9.14. The van der Waals surface area contributed by atoms with Crippen LogP contribution >= 0.6 is 0 Å². The topological polar surface area (TPSA) is 89.8 Å². The van der Waals surface area contributed by atoms with Crippen molar-refractivity contribution in [3.8, 4) is 11.3 Å². The number of Topliss-reactive ketones (excluding diaryl/α,β-unsaturated/α-hetero) is 1. The SMILES string of the molecule is CC(=O)c1ccc(-c2ccc(C(=O)N[C@@H](C)c3nncn3C(C)C)cc2)nc1. The minimum Gasteiger partial charge on any atom is -0.342 e. The molecule has 0 saturated heterocycles. The van der Waals surface area contributed by atoms with Crippen molar-refractivity contribution in [3.05, 3.63) is 65.9 Å². The van der Waals surface area contributed by atoms with Crippen molar-refractivity contribution in [1.29, 1.82) is 0 Å². The molecule has 1 amide bonds. The lowest BCUT2D eigenvalue weighted by Crippen LogP contribution is -2.29. The molecule has 7 nitrogen and oxygen atoms in total. The minimum atomic E-state index is -0.266. The maximum Gasteiger partial charge on any atom is 0.251 e. The van der Waals surface area contributed by atoms with Crippen LogP contribution in [0.5, 0.6) is 0 Å². The highest BCUT2D eigenvalue weighted by Gasteiger charge is 2.18. The second kappa shape index (κ2) is 8.12. The highest BCUT2D eigenvalue weighted by molar-refractivity contribution is 5.95. The van der Waals surface area contributed by atoms with Crippen LogP contribution in [0.3, 0.4) is 0 Å². The van der Waals surface area contributed by atoms with E-state index < -0.39 is 0 Å². The van der Waals surface area contributed by atoms with Crippen LogP contribution in [0.4, 0.5) is 0 Å². The summed E-state index contributed by atoms with van der Waals surface area (Å²) in [6.45, 7) is 7.47. The van der Waals surface area contributed by atoms with Gasteiger partial charge in [0, 0.05) is 28.9 Å². The van der Waals surface area contributed by atoms with Crippen molar-refractivity contribution in [1.82, 2.24) is 25.1 Å². The van der Waals surface area contributed by atoms with Gasteiger partial charge < -0.3 is 9.88 Å². The van der Waals surface area contributed by atoms with Gasteiger partial charge in [-0.2, -0.15) is 0 Å². The Bertz CT molecular complexity index is 975. The number of pyridine rings is 1. The number of carbonyl (C=O) groups is 2. The van der Waals surface area contributed by atoms with Gasteiger partial charge in [0.05, 0.1) is 11.7 Å². The van der Waals surface area contributed by atoms with Gasteiger partial charge in [0.25, 0.3) is 5.91 Å². The number of ketones is 1. The highest BCUT2D eigenvalue weighted by atomic mass is 16.1. The zero-order valence-electron chi connectivity index (χ0n) is 16.4. The third kappa shape index (κ3) is 4.14. The van der Waals surface area contributed by atoms with Crippen LogP contribution in [0, 0.1) is 0 Å². The van der Waals surface area contributed by atoms with E-state index in [0.717, 1.165) is 17.1 Å². The summed E-state index contributed by atoms with van der Waals surface area (Å²) >= 11 is 0. The molecule has 0 spiro atoms. The fourth-order valence-electron chi connectivity index (χ4n) is 2.87. The highest BCUT2D eigenvalue weighted by Crippen LogP contribution is 2.19. The average molecular weight is 377 g/mol. The molecule has 7 heteroatoms. The van der Waals surface area contributed by atoms with E-state index in [1.54, 1.807) is 36.8 Å². The average Bonchev–Trinajstić information content (AvgIpc) is 3.18. The van der Waals surface area contributed by atoms with Gasteiger partial charge in [-0.25, -0.2) is 0 Å². The van der Waals surface area contributed by atoms with Crippen LogP contribution in [0.25, 0.3) is 11.3 Å². The number of hydrogen-bond acceptors (Lipinski definition) is 5. The van der Waals surface area contributed by atoms with Gasteiger partial charge in [-0.05, 0) is 52.0 Å². The monoisotopic (exact) mass is 377 g/mol. The predicted molar refractivity (Wildman–Crippen MR) is 106 cm³/mol. The van der Waals surface area contributed by atoms with Gasteiger partial charge in [0.1, 0.15) is 6.33 Å². The standard InChI is InChI=1S/C21H23N5O2/c1-13(2)26-12-23-25-20(26)14(3)24-21(28)17-7-5-16(6-8-17)19-10-9-18(11-22-19)15(4)27/h5-14H,1-4H3,(H,24,28)/t14-/m0/s1. The summed E-state index contributed by atoms with van der Waals surface area (Å²) in [5.41, 5.74) is 2.74. The Hall–Kier alpha value is -3.35. The summed E-state index contributed by atoms with van der Waals surface area (Å²) in [4.78, 5) is 28.2. The molecule has 144 valence electrons. The largest absolute Gasteiger partial charge is 0.342 e. The molecule has 0 unspecified atom stereocenters. The van der Waals surface area contributed by atoms with Crippen molar-refractivity contribution < 1.29 is 9.59 Å². The molecule has 1 atom stereocenters. The lowest BCUT2D eigenvalue weighted by Gasteiger charge is -2.17.